The molecule has 6 heteroatoms. The first-order valence-electron chi connectivity index (χ1n) is 4.63. The molecule has 1 atom stereocenters. The second-order valence-electron chi connectivity index (χ2n) is 3.21. The zero-order valence-electron chi connectivity index (χ0n) is 8.34. The lowest BCUT2D eigenvalue weighted by atomic mass is 10.1. The maximum absolute atomic E-state index is 10.4. The van der Waals surface area contributed by atoms with Crippen molar-refractivity contribution in [1.82, 2.24) is 20.2 Å². The van der Waals surface area contributed by atoms with Gasteiger partial charge in [0.2, 0.25) is 0 Å². The number of carboxylic acids is 1. The van der Waals surface area contributed by atoms with Gasteiger partial charge in [0.15, 0.2) is 5.82 Å². The Labute approximate surface area is 81.9 Å². The fourth-order valence-electron chi connectivity index (χ4n) is 1.11. The molecule has 14 heavy (non-hydrogen) atoms. The normalized spacial score (nSPS) is 12.7. The van der Waals surface area contributed by atoms with E-state index in [9.17, 15) is 4.79 Å². The number of carbonyl (C=O) groups is 1. The number of aliphatic carboxylic acids is 1. The number of hydrogen-bond acceptors (Lipinski definition) is 4. The van der Waals surface area contributed by atoms with Gasteiger partial charge >= 0.3 is 5.97 Å². The largest absolute Gasteiger partial charge is 0.481 e. The fraction of sp³-hybridized carbons (Fsp3) is 0.750. The molecule has 1 aromatic heterocycles. The standard InChI is InChI=1S/C8H14N4O2/c1-3-6(2)8-9-10-11-12(8)5-4-7(13)14/h6H,3-5H2,1-2H3,(H,13,14). The van der Waals surface area contributed by atoms with E-state index in [0.717, 1.165) is 12.2 Å². The molecule has 1 aromatic rings. The van der Waals surface area contributed by atoms with E-state index < -0.39 is 5.97 Å². The average molecular weight is 198 g/mol. The first-order chi connectivity index (χ1) is 6.65. The third-order valence-electron chi connectivity index (χ3n) is 2.15. The average Bonchev–Trinajstić information content (AvgIpc) is 2.61. The minimum atomic E-state index is -0.837. The SMILES string of the molecule is CCC(C)c1nnnn1CCC(=O)O. The predicted octanol–water partition coefficient (Wildman–Crippen LogP) is 0.661. The first-order valence-corrected chi connectivity index (χ1v) is 4.63. The summed E-state index contributed by atoms with van der Waals surface area (Å²) in [5.41, 5.74) is 0. The Bertz CT molecular complexity index is 310. The van der Waals surface area contributed by atoms with Gasteiger partial charge in [0, 0.05) is 5.92 Å². The molecule has 0 spiro atoms. The van der Waals surface area contributed by atoms with E-state index in [1.165, 1.54) is 0 Å². The molecule has 1 unspecified atom stereocenters. The maximum atomic E-state index is 10.4. The van der Waals surface area contributed by atoms with Crippen LogP contribution in [0.1, 0.15) is 38.4 Å². The third-order valence-corrected chi connectivity index (χ3v) is 2.15. The maximum Gasteiger partial charge on any atom is 0.305 e. The van der Waals surface area contributed by atoms with Gasteiger partial charge in [-0.3, -0.25) is 4.79 Å². The molecule has 6 nitrogen and oxygen atoms in total. The molecule has 1 N–H and O–H groups in total. The number of carboxylic acid groups (broad SMARTS) is 1. The lowest BCUT2D eigenvalue weighted by Gasteiger charge is -2.07. The van der Waals surface area contributed by atoms with Gasteiger partial charge in [-0.25, -0.2) is 4.68 Å². The van der Waals surface area contributed by atoms with Gasteiger partial charge in [0.1, 0.15) is 0 Å². The summed E-state index contributed by atoms with van der Waals surface area (Å²) in [5.74, 6) is 0.183. The third kappa shape index (κ3) is 2.51. The lowest BCUT2D eigenvalue weighted by molar-refractivity contribution is -0.137. The molecule has 78 valence electrons. The molecule has 0 fully saturated rings. The molecule has 0 saturated carbocycles. The van der Waals surface area contributed by atoms with Crippen molar-refractivity contribution in [2.45, 2.75) is 39.2 Å². The van der Waals surface area contributed by atoms with Crippen LogP contribution in [-0.2, 0) is 11.3 Å². The van der Waals surface area contributed by atoms with Crippen LogP contribution in [0, 0.1) is 0 Å². The molecule has 0 aliphatic rings. The van der Waals surface area contributed by atoms with Gasteiger partial charge in [-0.15, -0.1) is 5.10 Å². The number of aromatic nitrogens is 4. The van der Waals surface area contributed by atoms with Crippen LogP contribution in [0.2, 0.25) is 0 Å². The van der Waals surface area contributed by atoms with Crippen molar-refractivity contribution in [2.24, 2.45) is 0 Å². The molecule has 0 bridgehead atoms. The molecule has 0 aliphatic carbocycles. The Morgan fingerprint density at radius 2 is 2.36 bits per heavy atom. The summed E-state index contributed by atoms with van der Waals surface area (Å²) in [7, 11) is 0. The van der Waals surface area contributed by atoms with Crippen molar-refractivity contribution >= 4 is 5.97 Å². The Hall–Kier alpha value is -1.46. The van der Waals surface area contributed by atoms with Crippen LogP contribution in [0.4, 0.5) is 0 Å². The second-order valence-corrected chi connectivity index (χ2v) is 3.21. The summed E-state index contributed by atoms with van der Waals surface area (Å²) in [6, 6.07) is 0. The zero-order valence-corrected chi connectivity index (χ0v) is 8.34. The van der Waals surface area contributed by atoms with E-state index in [1.807, 2.05) is 13.8 Å². The van der Waals surface area contributed by atoms with Gasteiger partial charge in [-0.2, -0.15) is 0 Å². The quantitative estimate of drug-likeness (QED) is 0.751. The van der Waals surface area contributed by atoms with Gasteiger partial charge in [0.05, 0.1) is 13.0 Å². The Kier molecular flexibility index (Phi) is 3.55. The van der Waals surface area contributed by atoms with Crippen molar-refractivity contribution in [2.75, 3.05) is 0 Å². The number of nitrogens with zero attached hydrogens (tertiary/aromatic N) is 4. The van der Waals surface area contributed by atoms with Crippen molar-refractivity contribution in [3.63, 3.8) is 0 Å². The molecule has 1 heterocycles. The lowest BCUT2D eigenvalue weighted by Crippen LogP contribution is -2.11. The Balaban J connectivity index is 2.67. The highest BCUT2D eigenvalue weighted by molar-refractivity contribution is 5.66. The summed E-state index contributed by atoms with van der Waals surface area (Å²) in [4.78, 5) is 10.4. The van der Waals surface area contributed by atoms with E-state index in [4.69, 9.17) is 5.11 Å². The highest BCUT2D eigenvalue weighted by Crippen LogP contribution is 2.14. The van der Waals surface area contributed by atoms with Crippen LogP contribution in [0.3, 0.4) is 0 Å². The minimum Gasteiger partial charge on any atom is -0.481 e. The highest BCUT2D eigenvalue weighted by Gasteiger charge is 2.12. The van der Waals surface area contributed by atoms with Gasteiger partial charge in [0.25, 0.3) is 0 Å². The zero-order chi connectivity index (χ0) is 10.6. The van der Waals surface area contributed by atoms with Crippen LogP contribution in [0.25, 0.3) is 0 Å². The molecular formula is C8H14N4O2. The predicted molar refractivity (Wildman–Crippen MR) is 48.8 cm³/mol. The van der Waals surface area contributed by atoms with E-state index in [1.54, 1.807) is 4.68 Å². The second kappa shape index (κ2) is 4.69. The molecule has 1 rings (SSSR count). The number of aryl methyl sites for hydroxylation is 1. The Morgan fingerprint density at radius 1 is 1.64 bits per heavy atom. The van der Waals surface area contributed by atoms with Crippen LogP contribution in [-0.4, -0.2) is 31.3 Å². The molecule has 0 radical (unpaired) electrons. The first kappa shape index (κ1) is 10.6. The van der Waals surface area contributed by atoms with E-state index in [0.29, 0.717) is 6.54 Å². The summed E-state index contributed by atoms with van der Waals surface area (Å²) in [6.07, 6.45) is 0.988. The number of hydrogen-bond donors (Lipinski definition) is 1. The molecule has 0 saturated heterocycles. The molecular weight excluding hydrogens is 184 g/mol. The van der Waals surface area contributed by atoms with Crippen LogP contribution in [0.5, 0.6) is 0 Å². The Morgan fingerprint density at radius 3 is 2.93 bits per heavy atom. The van der Waals surface area contributed by atoms with Crippen LogP contribution < -0.4 is 0 Å². The molecule has 0 aliphatic heterocycles. The van der Waals surface area contributed by atoms with Gasteiger partial charge < -0.3 is 5.11 Å². The van der Waals surface area contributed by atoms with Gasteiger partial charge in [-0.05, 0) is 16.8 Å². The fourth-order valence-corrected chi connectivity index (χ4v) is 1.11. The van der Waals surface area contributed by atoms with Crippen LogP contribution in [0.15, 0.2) is 0 Å². The number of rotatable bonds is 5. The van der Waals surface area contributed by atoms with Crippen molar-refractivity contribution in [3.05, 3.63) is 5.82 Å². The van der Waals surface area contributed by atoms with E-state index in [-0.39, 0.29) is 12.3 Å². The summed E-state index contributed by atoms with van der Waals surface area (Å²) >= 11 is 0. The topological polar surface area (TPSA) is 80.9 Å². The molecule has 0 amide bonds. The smallest absolute Gasteiger partial charge is 0.305 e. The number of tetrazole rings is 1. The summed E-state index contributed by atoms with van der Waals surface area (Å²) in [6.45, 7) is 4.39. The van der Waals surface area contributed by atoms with Crippen molar-refractivity contribution < 1.29 is 9.90 Å². The monoisotopic (exact) mass is 198 g/mol. The minimum absolute atomic E-state index is 0.0501. The highest BCUT2D eigenvalue weighted by atomic mass is 16.4. The van der Waals surface area contributed by atoms with Crippen molar-refractivity contribution in [3.8, 4) is 0 Å². The van der Waals surface area contributed by atoms with Crippen molar-refractivity contribution in [1.29, 1.82) is 0 Å². The molecule has 0 aromatic carbocycles. The summed E-state index contributed by atoms with van der Waals surface area (Å²) < 4.78 is 1.56. The summed E-state index contributed by atoms with van der Waals surface area (Å²) in [5, 5.41) is 19.7. The van der Waals surface area contributed by atoms with E-state index >= 15 is 0 Å². The van der Waals surface area contributed by atoms with Gasteiger partial charge in [-0.1, -0.05) is 13.8 Å². The van der Waals surface area contributed by atoms with E-state index in [2.05, 4.69) is 15.5 Å². The van der Waals surface area contributed by atoms with Crippen LogP contribution >= 0.6 is 0 Å².